The SMILES string of the molecule is O=C(Nc1ccccn1)[C@@H]1CC(=O)N(Cc2cccc(C(F)(F)F)c2)C1. The number of carbonyl (C=O) groups is 2. The van der Waals surface area contributed by atoms with Crippen LogP contribution in [-0.4, -0.2) is 28.2 Å². The largest absolute Gasteiger partial charge is 0.416 e. The second-order valence-electron chi connectivity index (χ2n) is 6.08. The third-order valence-corrected chi connectivity index (χ3v) is 4.13. The number of rotatable bonds is 4. The Kier molecular flexibility index (Phi) is 4.92. The smallest absolute Gasteiger partial charge is 0.338 e. The van der Waals surface area contributed by atoms with E-state index in [9.17, 15) is 22.8 Å². The number of hydrogen-bond acceptors (Lipinski definition) is 3. The summed E-state index contributed by atoms with van der Waals surface area (Å²) in [4.78, 5) is 29.8. The highest BCUT2D eigenvalue weighted by atomic mass is 19.4. The Hall–Kier alpha value is -2.90. The molecule has 1 aliphatic heterocycles. The Morgan fingerprint density at radius 1 is 1.23 bits per heavy atom. The molecule has 2 heterocycles. The highest BCUT2D eigenvalue weighted by Gasteiger charge is 2.35. The maximum absolute atomic E-state index is 12.8. The summed E-state index contributed by atoms with van der Waals surface area (Å²) in [6.07, 6.45) is -2.87. The Bertz CT molecular complexity index is 809. The van der Waals surface area contributed by atoms with E-state index in [1.165, 1.54) is 23.2 Å². The van der Waals surface area contributed by atoms with Gasteiger partial charge in [0.25, 0.3) is 0 Å². The molecule has 0 unspecified atom stereocenters. The molecule has 0 spiro atoms. The van der Waals surface area contributed by atoms with E-state index < -0.39 is 17.7 Å². The zero-order valence-corrected chi connectivity index (χ0v) is 13.7. The fraction of sp³-hybridized carbons (Fsp3) is 0.278. The van der Waals surface area contributed by atoms with Crippen LogP contribution in [0.1, 0.15) is 17.5 Å². The van der Waals surface area contributed by atoms with E-state index >= 15 is 0 Å². The Balaban J connectivity index is 1.64. The van der Waals surface area contributed by atoms with Crippen LogP contribution in [0, 0.1) is 5.92 Å². The number of halogens is 3. The second-order valence-corrected chi connectivity index (χ2v) is 6.08. The minimum Gasteiger partial charge on any atom is -0.338 e. The molecular weight excluding hydrogens is 347 g/mol. The molecule has 3 rings (SSSR count). The summed E-state index contributed by atoms with van der Waals surface area (Å²) in [5.74, 6) is -0.760. The molecule has 5 nitrogen and oxygen atoms in total. The average molecular weight is 363 g/mol. The van der Waals surface area contributed by atoms with Gasteiger partial charge in [0.05, 0.1) is 11.5 Å². The molecule has 1 fully saturated rings. The number of carbonyl (C=O) groups excluding carboxylic acids is 2. The number of aromatic nitrogens is 1. The first-order valence-electron chi connectivity index (χ1n) is 7.99. The molecule has 2 aromatic rings. The van der Waals surface area contributed by atoms with Gasteiger partial charge >= 0.3 is 6.18 Å². The molecule has 0 bridgehead atoms. The lowest BCUT2D eigenvalue weighted by atomic mass is 10.1. The quantitative estimate of drug-likeness (QED) is 0.908. The van der Waals surface area contributed by atoms with Crippen molar-refractivity contribution in [1.82, 2.24) is 9.88 Å². The fourth-order valence-corrected chi connectivity index (χ4v) is 2.83. The maximum Gasteiger partial charge on any atom is 0.416 e. The number of nitrogens with zero attached hydrogens (tertiary/aromatic N) is 2. The van der Waals surface area contributed by atoms with Crippen molar-refractivity contribution in [3.05, 3.63) is 59.8 Å². The van der Waals surface area contributed by atoms with Crippen LogP contribution < -0.4 is 5.32 Å². The van der Waals surface area contributed by atoms with Gasteiger partial charge in [-0.05, 0) is 29.8 Å². The number of nitrogens with one attached hydrogen (secondary N) is 1. The van der Waals surface area contributed by atoms with E-state index in [1.54, 1.807) is 18.2 Å². The molecule has 8 heteroatoms. The molecule has 1 N–H and O–H groups in total. The minimum atomic E-state index is -4.43. The molecule has 1 atom stereocenters. The van der Waals surface area contributed by atoms with Crippen molar-refractivity contribution in [3.8, 4) is 0 Å². The average Bonchev–Trinajstić information content (AvgIpc) is 2.96. The van der Waals surface area contributed by atoms with Gasteiger partial charge in [0.15, 0.2) is 0 Å². The highest BCUT2D eigenvalue weighted by molar-refractivity contribution is 5.96. The van der Waals surface area contributed by atoms with Gasteiger partial charge in [-0.2, -0.15) is 13.2 Å². The third kappa shape index (κ3) is 4.19. The summed E-state index contributed by atoms with van der Waals surface area (Å²) in [5, 5.41) is 2.64. The van der Waals surface area contributed by atoms with Gasteiger partial charge in [0.1, 0.15) is 5.82 Å². The van der Waals surface area contributed by atoms with Crippen molar-refractivity contribution in [1.29, 1.82) is 0 Å². The second kappa shape index (κ2) is 7.15. The Morgan fingerprint density at radius 2 is 2.04 bits per heavy atom. The number of likely N-dealkylation sites (tertiary alicyclic amines) is 1. The molecule has 1 aromatic heterocycles. The van der Waals surface area contributed by atoms with Gasteiger partial charge in [-0.25, -0.2) is 4.98 Å². The van der Waals surface area contributed by atoms with Gasteiger partial charge in [-0.3, -0.25) is 9.59 Å². The first-order valence-corrected chi connectivity index (χ1v) is 7.99. The molecule has 0 aliphatic carbocycles. The third-order valence-electron chi connectivity index (χ3n) is 4.13. The Morgan fingerprint density at radius 3 is 2.73 bits per heavy atom. The van der Waals surface area contributed by atoms with E-state index in [0.717, 1.165) is 12.1 Å². The van der Waals surface area contributed by atoms with Crippen LogP contribution in [-0.2, 0) is 22.3 Å². The summed E-state index contributed by atoms with van der Waals surface area (Å²) in [7, 11) is 0. The van der Waals surface area contributed by atoms with Crippen LogP contribution in [0.3, 0.4) is 0 Å². The van der Waals surface area contributed by atoms with Crippen molar-refractivity contribution < 1.29 is 22.8 Å². The topological polar surface area (TPSA) is 62.3 Å². The predicted molar refractivity (Wildman–Crippen MR) is 87.8 cm³/mol. The number of hydrogen-bond donors (Lipinski definition) is 1. The zero-order chi connectivity index (χ0) is 18.7. The van der Waals surface area contributed by atoms with Gasteiger partial charge in [-0.15, -0.1) is 0 Å². The standard InChI is InChI=1S/C18H16F3N3O2/c19-18(20,21)14-5-3-4-12(8-14)10-24-11-13(9-16(24)25)17(26)23-15-6-1-2-7-22-15/h1-8,13H,9-11H2,(H,22,23,26)/t13-/m1/s1. The molecule has 26 heavy (non-hydrogen) atoms. The first-order chi connectivity index (χ1) is 12.3. The molecule has 136 valence electrons. The Labute approximate surface area is 147 Å². The lowest BCUT2D eigenvalue weighted by Crippen LogP contribution is -2.28. The maximum atomic E-state index is 12.8. The summed E-state index contributed by atoms with van der Waals surface area (Å²) in [6, 6.07) is 9.92. The molecule has 1 aliphatic rings. The van der Waals surface area contributed by atoms with E-state index in [2.05, 4.69) is 10.3 Å². The van der Waals surface area contributed by atoms with E-state index in [-0.39, 0.29) is 31.3 Å². The number of anilines is 1. The van der Waals surface area contributed by atoms with E-state index in [1.807, 2.05) is 0 Å². The summed E-state index contributed by atoms with van der Waals surface area (Å²) in [6.45, 7) is 0.198. The van der Waals surface area contributed by atoms with Crippen molar-refractivity contribution in [2.24, 2.45) is 5.92 Å². The van der Waals surface area contributed by atoms with Crippen LogP contribution in [0.25, 0.3) is 0 Å². The van der Waals surface area contributed by atoms with Crippen LogP contribution >= 0.6 is 0 Å². The molecular formula is C18H16F3N3O2. The molecule has 0 saturated carbocycles. The van der Waals surface area contributed by atoms with Crippen LogP contribution in [0.5, 0.6) is 0 Å². The van der Waals surface area contributed by atoms with Gasteiger partial charge in [-0.1, -0.05) is 18.2 Å². The summed E-state index contributed by atoms with van der Waals surface area (Å²) < 4.78 is 38.4. The molecule has 0 radical (unpaired) electrons. The lowest BCUT2D eigenvalue weighted by Gasteiger charge is -2.17. The first kappa shape index (κ1) is 17.9. The summed E-state index contributed by atoms with van der Waals surface area (Å²) >= 11 is 0. The van der Waals surface area contributed by atoms with E-state index in [4.69, 9.17) is 0 Å². The monoisotopic (exact) mass is 363 g/mol. The highest BCUT2D eigenvalue weighted by Crippen LogP contribution is 2.30. The van der Waals surface area contributed by atoms with Crippen LogP contribution in [0.4, 0.5) is 19.0 Å². The van der Waals surface area contributed by atoms with Gasteiger partial charge in [0.2, 0.25) is 11.8 Å². The van der Waals surface area contributed by atoms with Gasteiger partial charge in [0, 0.05) is 25.7 Å². The molecule has 2 amide bonds. The summed E-state index contributed by atoms with van der Waals surface area (Å²) in [5.41, 5.74) is -0.384. The van der Waals surface area contributed by atoms with Crippen molar-refractivity contribution in [2.75, 3.05) is 11.9 Å². The number of benzene rings is 1. The molecule has 1 aromatic carbocycles. The van der Waals surface area contributed by atoms with Crippen LogP contribution in [0.15, 0.2) is 48.7 Å². The lowest BCUT2D eigenvalue weighted by molar-refractivity contribution is -0.137. The fourth-order valence-electron chi connectivity index (χ4n) is 2.83. The van der Waals surface area contributed by atoms with Crippen molar-refractivity contribution in [2.45, 2.75) is 19.1 Å². The minimum absolute atomic E-state index is 0.0254. The number of pyridine rings is 1. The van der Waals surface area contributed by atoms with E-state index in [0.29, 0.717) is 11.4 Å². The van der Waals surface area contributed by atoms with Crippen LogP contribution in [0.2, 0.25) is 0 Å². The normalized spacial score (nSPS) is 17.4. The van der Waals surface area contributed by atoms with Crippen molar-refractivity contribution in [3.63, 3.8) is 0 Å². The number of amides is 2. The van der Waals surface area contributed by atoms with Gasteiger partial charge < -0.3 is 10.2 Å². The predicted octanol–water partition coefficient (Wildman–Crippen LogP) is 3.09. The zero-order valence-electron chi connectivity index (χ0n) is 13.7. The molecule has 1 saturated heterocycles. The number of alkyl halides is 3. The van der Waals surface area contributed by atoms with Crippen molar-refractivity contribution >= 4 is 17.6 Å².